The topological polar surface area (TPSA) is 54.5 Å². The number of rotatable bonds is 8. The second-order valence-electron chi connectivity index (χ2n) is 8.69. The van der Waals surface area contributed by atoms with Gasteiger partial charge in [-0.15, -0.1) is 22.7 Å². The molecule has 4 aromatic rings. The van der Waals surface area contributed by atoms with Gasteiger partial charge in [-0.2, -0.15) is 0 Å². The lowest BCUT2D eigenvalue weighted by Gasteiger charge is -2.34. The monoisotopic (exact) mass is 503 g/mol. The standard InChI is InChI=1S/C28H29N3O2S2/c1-20-9-11-21(12-10-20)27-23(30-28(35-27)22-6-3-2-4-7-22)18-26(32)29-19-24(25-8-5-17-34-25)31-13-15-33-16-14-31/h2-12,17,24H,13-16,18-19H2,1H3,(H,29,32)/t24-/m1/s1. The molecule has 1 fully saturated rings. The van der Waals surface area contributed by atoms with Gasteiger partial charge in [0.1, 0.15) is 5.01 Å². The van der Waals surface area contributed by atoms with Gasteiger partial charge < -0.3 is 10.1 Å². The molecule has 1 saturated heterocycles. The molecule has 0 spiro atoms. The van der Waals surface area contributed by atoms with Crippen LogP contribution in [0.25, 0.3) is 21.0 Å². The predicted octanol–water partition coefficient (Wildman–Crippen LogP) is 5.58. The van der Waals surface area contributed by atoms with Crippen LogP contribution in [0.3, 0.4) is 0 Å². The number of nitrogens with one attached hydrogen (secondary N) is 1. The summed E-state index contributed by atoms with van der Waals surface area (Å²) in [5.41, 5.74) is 4.21. The maximum Gasteiger partial charge on any atom is 0.226 e. The van der Waals surface area contributed by atoms with E-state index in [0.717, 1.165) is 53.0 Å². The minimum atomic E-state index is -0.00177. The summed E-state index contributed by atoms with van der Waals surface area (Å²) in [5, 5.41) is 6.24. The van der Waals surface area contributed by atoms with Gasteiger partial charge in [0.2, 0.25) is 5.91 Å². The molecule has 7 heteroatoms. The summed E-state index contributed by atoms with van der Waals surface area (Å²) in [7, 11) is 0. The van der Waals surface area contributed by atoms with Crippen LogP contribution in [0, 0.1) is 6.92 Å². The summed E-state index contributed by atoms with van der Waals surface area (Å²) < 4.78 is 5.54. The smallest absolute Gasteiger partial charge is 0.226 e. The number of carbonyl (C=O) groups is 1. The second kappa shape index (κ2) is 11.3. The molecule has 0 unspecified atom stereocenters. The van der Waals surface area contributed by atoms with Crippen molar-refractivity contribution in [1.82, 2.24) is 15.2 Å². The Kier molecular flexibility index (Phi) is 7.69. The zero-order valence-electron chi connectivity index (χ0n) is 19.8. The van der Waals surface area contributed by atoms with E-state index >= 15 is 0 Å². The third kappa shape index (κ3) is 5.87. The van der Waals surface area contributed by atoms with Crippen LogP contribution in [-0.2, 0) is 16.0 Å². The molecule has 2 aromatic heterocycles. The lowest BCUT2D eigenvalue weighted by molar-refractivity contribution is -0.120. The van der Waals surface area contributed by atoms with Crippen LogP contribution < -0.4 is 5.32 Å². The Hall–Kier alpha value is -2.84. The number of aromatic nitrogens is 1. The molecule has 0 bridgehead atoms. The minimum absolute atomic E-state index is 0.00177. The van der Waals surface area contributed by atoms with Gasteiger partial charge in [0.05, 0.1) is 36.2 Å². The van der Waals surface area contributed by atoms with Crippen molar-refractivity contribution in [2.24, 2.45) is 0 Å². The molecule has 0 radical (unpaired) electrons. The molecule has 1 aliphatic rings. The summed E-state index contributed by atoms with van der Waals surface area (Å²) in [5.74, 6) is -0.00177. The fourth-order valence-corrected chi connectivity index (χ4v) is 6.26. The van der Waals surface area contributed by atoms with Crippen molar-refractivity contribution in [2.75, 3.05) is 32.8 Å². The number of aryl methyl sites for hydroxylation is 1. The van der Waals surface area contributed by atoms with E-state index in [9.17, 15) is 4.79 Å². The average Bonchev–Trinajstić information content (AvgIpc) is 3.57. The van der Waals surface area contributed by atoms with E-state index in [0.29, 0.717) is 6.54 Å². The van der Waals surface area contributed by atoms with Crippen LogP contribution in [0.2, 0.25) is 0 Å². The van der Waals surface area contributed by atoms with Gasteiger partial charge in [-0.3, -0.25) is 9.69 Å². The maximum atomic E-state index is 13.2. The normalized spacial score (nSPS) is 15.1. The van der Waals surface area contributed by atoms with Gasteiger partial charge in [0.15, 0.2) is 0 Å². The summed E-state index contributed by atoms with van der Waals surface area (Å²) in [4.78, 5) is 22.8. The van der Waals surface area contributed by atoms with Crippen molar-refractivity contribution >= 4 is 28.6 Å². The predicted molar refractivity (Wildman–Crippen MR) is 144 cm³/mol. The SMILES string of the molecule is Cc1ccc(-c2sc(-c3ccccc3)nc2CC(=O)NC[C@H](c2cccs2)N2CCOCC2)cc1. The number of benzene rings is 2. The number of carbonyl (C=O) groups excluding carboxylic acids is 1. The number of hydrogen-bond donors (Lipinski definition) is 1. The van der Waals surface area contributed by atoms with E-state index in [4.69, 9.17) is 9.72 Å². The number of nitrogens with zero attached hydrogens (tertiary/aromatic N) is 2. The third-order valence-electron chi connectivity index (χ3n) is 6.21. The van der Waals surface area contributed by atoms with E-state index in [1.54, 1.807) is 22.7 Å². The first-order valence-corrected chi connectivity index (χ1v) is 13.6. The van der Waals surface area contributed by atoms with Crippen molar-refractivity contribution in [1.29, 1.82) is 0 Å². The van der Waals surface area contributed by atoms with Crippen LogP contribution in [0.5, 0.6) is 0 Å². The van der Waals surface area contributed by atoms with Gasteiger partial charge in [-0.1, -0.05) is 66.2 Å². The van der Waals surface area contributed by atoms with Crippen molar-refractivity contribution in [2.45, 2.75) is 19.4 Å². The number of morpholine rings is 1. The molecular formula is C28H29N3O2S2. The maximum absolute atomic E-state index is 13.2. The fourth-order valence-electron chi connectivity index (χ4n) is 4.31. The summed E-state index contributed by atoms with van der Waals surface area (Å²) in [6.45, 7) is 5.88. The van der Waals surface area contributed by atoms with Crippen molar-refractivity contribution < 1.29 is 9.53 Å². The molecule has 5 rings (SSSR count). The molecule has 5 nitrogen and oxygen atoms in total. The first kappa shape index (κ1) is 23.9. The largest absolute Gasteiger partial charge is 0.379 e. The Bertz CT molecular complexity index is 1230. The van der Waals surface area contributed by atoms with Crippen LogP contribution in [0.1, 0.15) is 22.2 Å². The molecule has 0 aliphatic carbocycles. The van der Waals surface area contributed by atoms with Gasteiger partial charge in [0.25, 0.3) is 0 Å². The number of hydrogen-bond acceptors (Lipinski definition) is 6. The quantitative estimate of drug-likeness (QED) is 0.341. The van der Waals surface area contributed by atoms with Crippen molar-refractivity contribution in [3.63, 3.8) is 0 Å². The van der Waals surface area contributed by atoms with Crippen molar-refractivity contribution in [3.05, 3.63) is 88.2 Å². The van der Waals surface area contributed by atoms with E-state index in [1.807, 2.05) is 18.2 Å². The molecule has 1 aliphatic heterocycles. The molecule has 1 N–H and O–H groups in total. The van der Waals surface area contributed by atoms with Crippen molar-refractivity contribution in [3.8, 4) is 21.0 Å². The van der Waals surface area contributed by atoms with Crippen LogP contribution in [0.4, 0.5) is 0 Å². The molecular weight excluding hydrogens is 474 g/mol. The number of amides is 1. The molecule has 180 valence electrons. The highest BCUT2D eigenvalue weighted by Crippen LogP contribution is 2.36. The van der Waals surface area contributed by atoms with E-state index in [2.05, 4.69) is 71.1 Å². The highest BCUT2D eigenvalue weighted by atomic mass is 32.1. The van der Waals surface area contributed by atoms with E-state index in [1.165, 1.54) is 10.4 Å². The Morgan fingerprint density at radius 2 is 1.80 bits per heavy atom. The third-order valence-corrected chi connectivity index (χ3v) is 8.38. The van der Waals surface area contributed by atoms with Crippen LogP contribution >= 0.6 is 22.7 Å². The lowest BCUT2D eigenvalue weighted by atomic mass is 10.1. The number of thiazole rings is 1. The molecule has 0 saturated carbocycles. The average molecular weight is 504 g/mol. The van der Waals surface area contributed by atoms with Gasteiger partial charge in [-0.25, -0.2) is 4.98 Å². The molecule has 2 aromatic carbocycles. The lowest BCUT2D eigenvalue weighted by Crippen LogP contribution is -2.43. The minimum Gasteiger partial charge on any atom is -0.379 e. The van der Waals surface area contributed by atoms with Gasteiger partial charge in [-0.05, 0) is 23.9 Å². The van der Waals surface area contributed by atoms with Crippen LogP contribution in [0.15, 0.2) is 72.1 Å². The highest BCUT2D eigenvalue weighted by Gasteiger charge is 2.24. The Balaban J connectivity index is 1.35. The second-order valence-corrected chi connectivity index (χ2v) is 10.7. The zero-order chi connectivity index (χ0) is 24.0. The Morgan fingerprint density at radius 1 is 1.03 bits per heavy atom. The highest BCUT2D eigenvalue weighted by molar-refractivity contribution is 7.18. The molecule has 1 atom stereocenters. The first-order chi connectivity index (χ1) is 17.2. The Labute approximate surface area is 214 Å². The number of ether oxygens (including phenoxy) is 1. The number of thiophene rings is 1. The van der Waals surface area contributed by atoms with E-state index in [-0.39, 0.29) is 18.4 Å². The van der Waals surface area contributed by atoms with Gasteiger partial charge in [0, 0.05) is 30.1 Å². The van der Waals surface area contributed by atoms with E-state index < -0.39 is 0 Å². The molecule has 35 heavy (non-hydrogen) atoms. The summed E-state index contributed by atoms with van der Waals surface area (Å²) in [6, 6.07) is 23.0. The molecule has 3 heterocycles. The summed E-state index contributed by atoms with van der Waals surface area (Å²) in [6.07, 6.45) is 0.257. The first-order valence-electron chi connectivity index (χ1n) is 11.9. The zero-order valence-corrected chi connectivity index (χ0v) is 21.4. The van der Waals surface area contributed by atoms with Gasteiger partial charge >= 0.3 is 0 Å². The van der Waals surface area contributed by atoms with Crippen LogP contribution in [-0.4, -0.2) is 48.6 Å². The Morgan fingerprint density at radius 3 is 2.51 bits per heavy atom. The fraction of sp³-hybridized carbons (Fsp3) is 0.286. The summed E-state index contributed by atoms with van der Waals surface area (Å²) >= 11 is 3.38. The molecule has 1 amide bonds.